The molecule has 3 heteroatoms. The minimum Gasteiger partial charge on any atom is -0.294 e. The largest absolute Gasteiger partial charge is 0.294 e. The van der Waals surface area contributed by atoms with Crippen LogP contribution in [0.15, 0.2) is 18.2 Å². The van der Waals surface area contributed by atoms with E-state index in [1.807, 2.05) is 25.1 Å². The normalized spacial score (nSPS) is 11.2. The maximum Gasteiger partial charge on any atom is 0.160 e. The molecule has 94 valence electrons. The highest BCUT2D eigenvalue weighted by atomic mass is 35.5. The highest BCUT2D eigenvalue weighted by molar-refractivity contribution is 6.31. The number of carbonyl (C=O) groups excluding carboxylic acids is 1. The summed E-state index contributed by atoms with van der Waals surface area (Å²) in [5.74, 6) is 0.341. The first kappa shape index (κ1) is 13.0. The summed E-state index contributed by atoms with van der Waals surface area (Å²) in [6, 6.07) is 5.58. The Kier molecular flexibility index (Phi) is 3.40. The highest BCUT2D eigenvalue weighted by Gasteiger charge is 2.13. The lowest BCUT2D eigenvalue weighted by Gasteiger charge is -2.12. The van der Waals surface area contributed by atoms with Crippen LogP contribution in [0.1, 0.15) is 48.3 Å². The van der Waals surface area contributed by atoms with Gasteiger partial charge in [-0.1, -0.05) is 25.4 Å². The van der Waals surface area contributed by atoms with Crippen molar-refractivity contribution in [1.29, 1.82) is 0 Å². The molecule has 0 radical (unpaired) electrons. The summed E-state index contributed by atoms with van der Waals surface area (Å²) in [5.41, 5.74) is 3.52. The number of ketones is 1. The van der Waals surface area contributed by atoms with E-state index >= 15 is 0 Å². The number of rotatable bonds is 2. The van der Waals surface area contributed by atoms with Gasteiger partial charge in [-0.3, -0.25) is 9.78 Å². The molecule has 0 aliphatic carbocycles. The van der Waals surface area contributed by atoms with Gasteiger partial charge >= 0.3 is 0 Å². The number of fused-ring (bicyclic) bond motifs is 1. The molecular weight excluding hydrogens is 246 g/mol. The zero-order chi connectivity index (χ0) is 13.4. The zero-order valence-corrected chi connectivity index (χ0v) is 11.8. The van der Waals surface area contributed by atoms with Crippen molar-refractivity contribution in [3.05, 3.63) is 40.0 Å². The Hall–Kier alpha value is -1.41. The van der Waals surface area contributed by atoms with Gasteiger partial charge < -0.3 is 0 Å². The summed E-state index contributed by atoms with van der Waals surface area (Å²) in [4.78, 5) is 16.4. The summed E-state index contributed by atoms with van der Waals surface area (Å²) in [6.07, 6.45) is 0. The molecule has 0 bridgehead atoms. The van der Waals surface area contributed by atoms with Crippen LogP contribution < -0.4 is 0 Å². The molecular formula is C15H16ClNO. The molecule has 1 aromatic carbocycles. The summed E-state index contributed by atoms with van der Waals surface area (Å²) in [6.45, 7) is 7.69. The van der Waals surface area contributed by atoms with Gasteiger partial charge in [-0.15, -0.1) is 0 Å². The standard InChI is InChI=1S/C15H16ClNO/c1-8(2)14-7-12(10(4)18)13-6-11(16)5-9(3)15(13)17-14/h5-8H,1-4H3. The summed E-state index contributed by atoms with van der Waals surface area (Å²) in [5, 5.41) is 1.48. The van der Waals surface area contributed by atoms with Crippen molar-refractivity contribution in [2.75, 3.05) is 0 Å². The number of halogens is 1. The first-order valence-electron chi connectivity index (χ1n) is 6.02. The van der Waals surface area contributed by atoms with Crippen LogP contribution in [0.4, 0.5) is 0 Å². The summed E-state index contributed by atoms with van der Waals surface area (Å²) >= 11 is 6.06. The van der Waals surface area contributed by atoms with Crippen molar-refractivity contribution in [1.82, 2.24) is 4.98 Å². The first-order chi connectivity index (χ1) is 8.40. The van der Waals surface area contributed by atoms with Crippen LogP contribution in [-0.2, 0) is 0 Å². The number of hydrogen-bond acceptors (Lipinski definition) is 2. The first-order valence-corrected chi connectivity index (χ1v) is 6.39. The monoisotopic (exact) mass is 261 g/mol. The molecule has 2 nitrogen and oxygen atoms in total. The highest BCUT2D eigenvalue weighted by Crippen LogP contribution is 2.28. The fourth-order valence-electron chi connectivity index (χ4n) is 2.06. The van der Waals surface area contributed by atoms with Gasteiger partial charge in [-0.25, -0.2) is 0 Å². The van der Waals surface area contributed by atoms with Crippen LogP contribution in [0.5, 0.6) is 0 Å². The van der Waals surface area contributed by atoms with E-state index in [4.69, 9.17) is 11.6 Å². The van der Waals surface area contributed by atoms with Gasteiger partial charge in [0.15, 0.2) is 5.78 Å². The molecule has 0 N–H and O–H groups in total. The van der Waals surface area contributed by atoms with Gasteiger partial charge in [0.2, 0.25) is 0 Å². The minimum absolute atomic E-state index is 0.0472. The number of aromatic nitrogens is 1. The summed E-state index contributed by atoms with van der Waals surface area (Å²) < 4.78 is 0. The molecule has 0 amide bonds. The molecule has 0 atom stereocenters. The molecule has 1 heterocycles. The van der Waals surface area contributed by atoms with E-state index in [1.165, 1.54) is 0 Å². The van der Waals surface area contributed by atoms with Gasteiger partial charge in [0, 0.05) is 21.7 Å². The van der Waals surface area contributed by atoms with Gasteiger partial charge in [0.25, 0.3) is 0 Å². The molecule has 0 aliphatic heterocycles. The van der Waals surface area contributed by atoms with Crippen molar-refractivity contribution < 1.29 is 4.79 Å². The van der Waals surface area contributed by atoms with Gasteiger partial charge in [-0.05, 0) is 43.5 Å². The Balaban J connectivity index is 2.90. The fraction of sp³-hybridized carbons (Fsp3) is 0.333. The second-order valence-corrected chi connectivity index (χ2v) is 5.36. The van der Waals surface area contributed by atoms with Gasteiger partial charge in [0.1, 0.15) is 0 Å². The molecule has 2 rings (SSSR count). The molecule has 0 aliphatic rings. The molecule has 2 aromatic rings. The maximum absolute atomic E-state index is 11.8. The molecule has 1 aromatic heterocycles. The van der Waals surface area contributed by atoms with Crippen molar-refractivity contribution in [2.24, 2.45) is 0 Å². The number of hydrogen-bond donors (Lipinski definition) is 0. The van der Waals surface area contributed by atoms with E-state index in [1.54, 1.807) is 6.92 Å². The second kappa shape index (κ2) is 4.69. The number of benzene rings is 1. The molecule has 0 saturated carbocycles. The van der Waals surface area contributed by atoms with Crippen LogP contribution >= 0.6 is 11.6 Å². The minimum atomic E-state index is 0.0472. The Bertz CT molecular complexity index is 632. The third kappa shape index (κ3) is 2.25. The van der Waals surface area contributed by atoms with Crippen LogP contribution in [0, 0.1) is 6.92 Å². The van der Waals surface area contributed by atoms with Crippen molar-refractivity contribution in [3.63, 3.8) is 0 Å². The Labute approximate surface area is 112 Å². The van der Waals surface area contributed by atoms with Crippen LogP contribution in [-0.4, -0.2) is 10.8 Å². The molecule has 0 saturated heterocycles. The smallest absolute Gasteiger partial charge is 0.160 e. The lowest BCUT2D eigenvalue weighted by Crippen LogP contribution is -2.02. The second-order valence-electron chi connectivity index (χ2n) is 4.92. The molecule has 0 fully saturated rings. The SMILES string of the molecule is CC(=O)c1cc(C(C)C)nc2c(C)cc(Cl)cc12. The quantitative estimate of drug-likeness (QED) is 0.744. The number of Topliss-reactive ketones (excluding diaryl/α,β-unsaturated/α-hetero) is 1. The average molecular weight is 262 g/mol. The lowest BCUT2D eigenvalue weighted by molar-refractivity contribution is 0.101. The predicted octanol–water partition coefficient (Wildman–Crippen LogP) is 4.52. The Morgan fingerprint density at radius 3 is 2.50 bits per heavy atom. The van der Waals surface area contributed by atoms with Crippen LogP contribution in [0.25, 0.3) is 10.9 Å². The maximum atomic E-state index is 11.8. The molecule has 18 heavy (non-hydrogen) atoms. The van der Waals surface area contributed by atoms with Gasteiger partial charge in [-0.2, -0.15) is 0 Å². The number of carbonyl (C=O) groups is 1. The Morgan fingerprint density at radius 1 is 1.28 bits per heavy atom. The van der Waals surface area contributed by atoms with E-state index in [-0.39, 0.29) is 5.78 Å². The lowest BCUT2D eigenvalue weighted by atomic mass is 9.99. The molecule has 0 spiro atoms. The van der Waals surface area contributed by atoms with Crippen molar-refractivity contribution in [2.45, 2.75) is 33.6 Å². The third-order valence-corrected chi connectivity index (χ3v) is 3.28. The number of aryl methyl sites for hydroxylation is 1. The van der Waals surface area contributed by atoms with Crippen molar-refractivity contribution >= 4 is 28.3 Å². The van der Waals surface area contributed by atoms with Crippen LogP contribution in [0.3, 0.4) is 0 Å². The van der Waals surface area contributed by atoms with E-state index < -0.39 is 0 Å². The van der Waals surface area contributed by atoms with E-state index in [2.05, 4.69) is 18.8 Å². The van der Waals surface area contributed by atoms with E-state index in [0.29, 0.717) is 16.5 Å². The van der Waals surface area contributed by atoms with Gasteiger partial charge in [0.05, 0.1) is 5.52 Å². The average Bonchev–Trinajstić information content (AvgIpc) is 2.27. The predicted molar refractivity (Wildman–Crippen MR) is 75.6 cm³/mol. The number of nitrogens with zero attached hydrogens (tertiary/aromatic N) is 1. The van der Waals surface area contributed by atoms with Crippen molar-refractivity contribution in [3.8, 4) is 0 Å². The fourth-order valence-corrected chi connectivity index (χ4v) is 2.34. The third-order valence-electron chi connectivity index (χ3n) is 3.06. The Morgan fingerprint density at radius 2 is 1.94 bits per heavy atom. The zero-order valence-electron chi connectivity index (χ0n) is 11.0. The van der Waals surface area contributed by atoms with Crippen LogP contribution in [0.2, 0.25) is 5.02 Å². The topological polar surface area (TPSA) is 30.0 Å². The van der Waals surface area contributed by atoms with E-state index in [9.17, 15) is 4.79 Å². The number of pyridine rings is 1. The summed E-state index contributed by atoms with van der Waals surface area (Å²) in [7, 11) is 0. The van der Waals surface area contributed by atoms with E-state index in [0.717, 1.165) is 22.2 Å². The molecule has 0 unspecified atom stereocenters.